The first kappa shape index (κ1) is 12.8. The van der Waals surface area contributed by atoms with Crippen LogP contribution in [0.3, 0.4) is 0 Å². The fraction of sp³-hybridized carbons (Fsp3) is 0.917. The Morgan fingerprint density at radius 3 is 2.88 bits per heavy atom. The van der Waals surface area contributed by atoms with Crippen LogP contribution in [0.25, 0.3) is 0 Å². The molecule has 5 nitrogen and oxygen atoms in total. The molecule has 5 heteroatoms. The number of hydrogen-bond acceptors (Lipinski definition) is 4. The summed E-state index contributed by atoms with van der Waals surface area (Å²) in [6, 6.07) is 0.172. The van der Waals surface area contributed by atoms with Crippen LogP contribution in [-0.2, 0) is 14.3 Å². The van der Waals surface area contributed by atoms with Gasteiger partial charge in [-0.1, -0.05) is 0 Å². The van der Waals surface area contributed by atoms with Crippen LogP contribution in [0.1, 0.15) is 26.2 Å². The Bertz CT molecular complexity index is 264. The maximum atomic E-state index is 12.3. The smallest absolute Gasteiger partial charge is 0.254 e. The molecule has 0 spiro atoms. The Morgan fingerprint density at radius 2 is 2.24 bits per heavy atom. The van der Waals surface area contributed by atoms with E-state index in [4.69, 9.17) is 15.2 Å². The van der Waals surface area contributed by atoms with Crippen LogP contribution in [0, 0.1) is 0 Å². The summed E-state index contributed by atoms with van der Waals surface area (Å²) in [6.07, 6.45) is 2.78. The molecule has 2 N–H and O–H groups in total. The van der Waals surface area contributed by atoms with Crippen molar-refractivity contribution in [3.63, 3.8) is 0 Å². The number of carbonyl (C=O) groups excluding carboxylic acids is 1. The first-order chi connectivity index (χ1) is 8.20. The standard InChI is InChI=1S/C12H22N2O3/c1-9(13)10-4-2-3-5-14(10)12(15)11-8-16-6-7-17-11/h9-11H,2-8,13H2,1H3/t9-,10+,11+/m0/s1. The van der Waals surface area contributed by atoms with Gasteiger partial charge in [0.15, 0.2) is 6.10 Å². The molecular weight excluding hydrogens is 220 g/mol. The molecule has 98 valence electrons. The molecule has 2 fully saturated rings. The number of amides is 1. The minimum atomic E-state index is -0.428. The van der Waals surface area contributed by atoms with E-state index in [2.05, 4.69) is 0 Å². The Hall–Kier alpha value is -0.650. The number of hydrogen-bond donors (Lipinski definition) is 1. The van der Waals surface area contributed by atoms with Crippen LogP contribution in [0.4, 0.5) is 0 Å². The summed E-state index contributed by atoms with van der Waals surface area (Å²) in [5.74, 6) is 0.0479. The lowest BCUT2D eigenvalue weighted by Crippen LogP contribution is -2.56. The molecule has 2 aliphatic rings. The molecule has 0 aliphatic carbocycles. The highest BCUT2D eigenvalue weighted by Crippen LogP contribution is 2.21. The maximum absolute atomic E-state index is 12.3. The zero-order chi connectivity index (χ0) is 12.3. The fourth-order valence-electron chi connectivity index (χ4n) is 2.59. The second kappa shape index (κ2) is 5.80. The van der Waals surface area contributed by atoms with Crippen LogP contribution in [-0.4, -0.2) is 55.4 Å². The third kappa shape index (κ3) is 2.97. The van der Waals surface area contributed by atoms with Crippen molar-refractivity contribution < 1.29 is 14.3 Å². The minimum absolute atomic E-state index is 0.0174. The zero-order valence-electron chi connectivity index (χ0n) is 10.4. The van der Waals surface area contributed by atoms with Gasteiger partial charge in [-0.3, -0.25) is 4.79 Å². The van der Waals surface area contributed by atoms with Gasteiger partial charge < -0.3 is 20.1 Å². The monoisotopic (exact) mass is 242 g/mol. The Labute approximate surface area is 102 Å². The van der Waals surface area contributed by atoms with Gasteiger partial charge in [0.1, 0.15) is 0 Å². The Morgan fingerprint density at radius 1 is 1.41 bits per heavy atom. The summed E-state index contributed by atoms with van der Waals surface area (Å²) < 4.78 is 10.8. The van der Waals surface area contributed by atoms with Crippen molar-refractivity contribution in [3.05, 3.63) is 0 Å². The van der Waals surface area contributed by atoms with Crippen molar-refractivity contribution in [3.8, 4) is 0 Å². The van der Waals surface area contributed by atoms with Crippen molar-refractivity contribution in [1.82, 2.24) is 4.90 Å². The molecule has 0 aromatic carbocycles. The fourth-order valence-corrected chi connectivity index (χ4v) is 2.59. The van der Waals surface area contributed by atoms with Gasteiger partial charge in [-0.15, -0.1) is 0 Å². The lowest BCUT2D eigenvalue weighted by atomic mass is 9.96. The third-order valence-corrected chi connectivity index (χ3v) is 3.53. The molecule has 0 aromatic rings. The quantitative estimate of drug-likeness (QED) is 0.747. The van der Waals surface area contributed by atoms with Gasteiger partial charge in [-0.2, -0.15) is 0 Å². The molecule has 2 aliphatic heterocycles. The van der Waals surface area contributed by atoms with Crippen LogP contribution >= 0.6 is 0 Å². The van der Waals surface area contributed by atoms with E-state index < -0.39 is 6.10 Å². The molecule has 0 radical (unpaired) electrons. The second-order valence-electron chi connectivity index (χ2n) is 4.89. The predicted molar refractivity (Wildman–Crippen MR) is 63.6 cm³/mol. The van der Waals surface area contributed by atoms with Gasteiger partial charge in [-0.05, 0) is 26.2 Å². The lowest BCUT2D eigenvalue weighted by molar-refractivity contribution is -0.161. The molecule has 17 heavy (non-hydrogen) atoms. The first-order valence-corrected chi connectivity index (χ1v) is 6.45. The van der Waals surface area contributed by atoms with Crippen molar-refractivity contribution in [2.75, 3.05) is 26.4 Å². The van der Waals surface area contributed by atoms with Crippen molar-refractivity contribution >= 4 is 5.91 Å². The van der Waals surface area contributed by atoms with Crippen LogP contribution in [0.5, 0.6) is 0 Å². The molecule has 0 saturated carbocycles. The molecule has 2 heterocycles. The van der Waals surface area contributed by atoms with Crippen molar-refractivity contribution in [2.24, 2.45) is 5.73 Å². The maximum Gasteiger partial charge on any atom is 0.254 e. The number of rotatable bonds is 2. The van der Waals surface area contributed by atoms with Gasteiger partial charge in [0, 0.05) is 18.6 Å². The average Bonchev–Trinajstić information content (AvgIpc) is 2.39. The van der Waals surface area contributed by atoms with Crippen molar-refractivity contribution in [1.29, 1.82) is 0 Å². The number of ether oxygens (including phenoxy) is 2. The number of piperidine rings is 1. The summed E-state index contributed by atoms with van der Waals surface area (Å²) in [7, 11) is 0. The number of nitrogens with two attached hydrogens (primary N) is 1. The summed E-state index contributed by atoms with van der Waals surface area (Å²) >= 11 is 0. The SMILES string of the molecule is C[C@H](N)[C@H]1CCCCN1C(=O)[C@H]1COCCO1. The van der Waals surface area contributed by atoms with Crippen LogP contribution in [0.2, 0.25) is 0 Å². The lowest BCUT2D eigenvalue weighted by Gasteiger charge is -2.40. The van der Waals surface area contributed by atoms with Gasteiger partial charge >= 0.3 is 0 Å². The highest BCUT2D eigenvalue weighted by atomic mass is 16.6. The zero-order valence-corrected chi connectivity index (χ0v) is 10.4. The van der Waals surface area contributed by atoms with E-state index in [-0.39, 0.29) is 18.0 Å². The molecule has 2 rings (SSSR count). The number of likely N-dealkylation sites (tertiary alicyclic amines) is 1. The largest absolute Gasteiger partial charge is 0.376 e. The van der Waals surface area contributed by atoms with Crippen LogP contribution in [0.15, 0.2) is 0 Å². The summed E-state index contributed by atoms with van der Waals surface area (Å²) in [6.45, 7) is 4.23. The molecule has 0 bridgehead atoms. The number of nitrogens with zero attached hydrogens (tertiary/aromatic N) is 1. The van der Waals surface area contributed by atoms with Gasteiger partial charge in [0.05, 0.1) is 19.8 Å². The average molecular weight is 242 g/mol. The molecule has 2 saturated heterocycles. The molecular formula is C12H22N2O3. The van der Waals surface area contributed by atoms with E-state index in [1.165, 1.54) is 0 Å². The van der Waals surface area contributed by atoms with Crippen molar-refractivity contribution in [2.45, 2.75) is 44.4 Å². The van der Waals surface area contributed by atoms with E-state index in [1.807, 2.05) is 11.8 Å². The van der Waals surface area contributed by atoms with Gasteiger partial charge in [0.2, 0.25) is 0 Å². The Kier molecular flexibility index (Phi) is 4.36. The van der Waals surface area contributed by atoms with E-state index in [0.717, 1.165) is 25.8 Å². The van der Waals surface area contributed by atoms with E-state index in [9.17, 15) is 4.79 Å². The summed E-state index contributed by atoms with van der Waals surface area (Å²) in [4.78, 5) is 14.2. The van der Waals surface area contributed by atoms with Gasteiger partial charge in [-0.25, -0.2) is 0 Å². The molecule has 0 aromatic heterocycles. The first-order valence-electron chi connectivity index (χ1n) is 6.45. The highest BCUT2D eigenvalue weighted by Gasteiger charge is 2.34. The molecule has 0 unspecified atom stereocenters. The highest BCUT2D eigenvalue weighted by molar-refractivity contribution is 5.81. The molecule has 3 atom stereocenters. The normalized spacial score (nSPS) is 32.2. The second-order valence-corrected chi connectivity index (χ2v) is 4.89. The van der Waals surface area contributed by atoms with Crippen LogP contribution < -0.4 is 5.73 Å². The summed E-state index contributed by atoms with van der Waals surface area (Å²) in [5, 5.41) is 0. The summed E-state index contributed by atoms with van der Waals surface area (Å²) in [5.41, 5.74) is 5.96. The number of carbonyl (C=O) groups is 1. The predicted octanol–water partition coefficient (Wildman–Crippen LogP) is 0.130. The molecule has 1 amide bonds. The van der Waals surface area contributed by atoms with E-state index >= 15 is 0 Å². The topological polar surface area (TPSA) is 64.8 Å². The Balaban J connectivity index is 1.99. The third-order valence-electron chi connectivity index (χ3n) is 3.53. The van der Waals surface area contributed by atoms with E-state index in [1.54, 1.807) is 0 Å². The van der Waals surface area contributed by atoms with E-state index in [0.29, 0.717) is 19.8 Å². The van der Waals surface area contributed by atoms with Gasteiger partial charge in [0.25, 0.3) is 5.91 Å². The minimum Gasteiger partial charge on any atom is -0.376 e.